The molecule has 116 valence electrons. The van der Waals surface area contributed by atoms with Gasteiger partial charge in [0.1, 0.15) is 0 Å². The summed E-state index contributed by atoms with van der Waals surface area (Å²) in [7, 11) is 0. The van der Waals surface area contributed by atoms with Gasteiger partial charge in [0.15, 0.2) is 0 Å². The van der Waals surface area contributed by atoms with Crippen molar-refractivity contribution in [2.45, 2.75) is 45.2 Å². The highest BCUT2D eigenvalue weighted by molar-refractivity contribution is 5.82. The molecule has 0 spiro atoms. The molecule has 0 aliphatic carbocycles. The van der Waals surface area contributed by atoms with E-state index in [2.05, 4.69) is 36.5 Å². The number of amides is 1. The number of ether oxygens (including phenoxy) is 1. The maximum absolute atomic E-state index is 12.3. The van der Waals surface area contributed by atoms with E-state index in [4.69, 9.17) is 10.5 Å². The number of carbonyl (C=O) groups excluding carboxylic acids is 1. The second-order valence-electron chi connectivity index (χ2n) is 5.80. The molecule has 0 radical (unpaired) electrons. The molecular weight excluding hydrogens is 264 g/mol. The van der Waals surface area contributed by atoms with Crippen molar-refractivity contribution in [2.75, 3.05) is 13.2 Å². The van der Waals surface area contributed by atoms with Crippen LogP contribution in [0.4, 0.5) is 0 Å². The van der Waals surface area contributed by atoms with Gasteiger partial charge in [0, 0.05) is 13.2 Å². The fraction of sp³-hybridized carbons (Fsp3) is 0.588. The average molecular weight is 290 g/mol. The SMILES string of the molecule is CCc1ccc(C(C)NC(=O)C(N)C2CCOCC2)cc1. The molecule has 4 heteroatoms. The molecule has 2 atom stereocenters. The second-order valence-corrected chi connectivity index (χ2v) is 5.80. The molecule has 4 nitrogen and oxygen atoms in total. The van der Waals surface area contributed by atoms with Gasteiger partial charge in [-0.05, 0) is 43.2 Å². The lowest BCUT2D eigenvalue weighted by molar-refractivity contribution is -0.125. The Morgan fingerprint density at radius 3 is 2.52 bits per heavy atom. The zero-order valence-electron chi connectivity index (χ0n) is 13.0. The molecule has 3 N–H and O–H groups in total. The monoisotopic (exact) mass is 290 g/mol. The Labute approximate surface area is 127 Å². The lowest BCUT2D eigenvalue weighted by Crippen LogP contribution is -2.47. The largest absolute Gasteiger partial charge is 0.381 e. The van der Waals surface area contributed by atoms with Crippen LogP contribution in [-0.4, -0.2) is 25.2 Å². The molecule has 1 aromatic carbocycles. The number of carbonyl (C=O) groups is 1. The Morgan fingerprint density at radius 1 is 1.33 bits per heavy atom. The van der Waals surface area contributed by atoms with E-state index in [1.165, 1.54) is 5.56 Å². The molecule has 1 aromatic rings. The Morgan fingerprint density at radius 2 is 1.95 bits per heavy atom. The molecule has 21 heavy (non-hydrogen) atoms. The van der Waals surface area contributed by atoms with Crippen molar-refractivity contribution in [3.05, 3.63) is 35.4 Å². The summed E-state index contributed by atoms with van der Waals surface area (Å²) in [4.78, 5) is 12.3. The summed E-state index contributed by atoms with van der Waals surface area (Å²) in [6.07, 6.45) is 2.76. The van der Waals surface area contributed by atoms with Gasteiger partial charge in [-0.3, -0.25) is 4.79 Å². The molecule has 2 unspecified atom stereocenters. The predicted octanol–water partition coefficient (Wildman–Crippen LogP) is 2.18. The maximum atomic E-state index is 12.3. The Hall–Kier alpha value is -1.39. The zero-order valence-corrected chi connectivity index (χ0v) is 13.0. The molecular formula is C17H26N2O2. The predicted molar refractivity (Wildman–Crippen MR) is 83.9 cm³/mol. The summed E-state index contributed by atoms with van der Waals surface area (Å²) < 4.78 is 5.31. The summed E-state index contributed by atoms with van der Waals surface area (Å²) in [5.74, 6) is 0.169. The third-order valence-corrected chi connectivity index (χ3v) is 4.32. The van der Waals surface area contributed by atoms with Crippen molar-refractivity contribution in [3.8, 4) is 0 Å². The van der Waals surface area contributed by atoms with E-state index in [9.17, 15) is 4.79 Å². The smallest absolute Gasteiger partial charge is 0.237 e. The van der Waals surface area contributed by atoms with E-state index in [0.717, 1.165) is 24.8 Å². The van der Waals surface area contributed by atoms with Crippen molar-refractivity contribution in [1.29, 1.82) is 0 Å². The van der Waals surface area contributed by atoms with Crippen molar-refractivity contribution >= 4 is 5.91 Å². The van der Waals surface area contributed by atoms with Gasteiger partial charge in [0.25, 0.3) is 0 Å². The second kappa shape index (κ2) is 7.57. The first-order valence-corrected chi connectivity index (χ1v) is 7.84. The van der Waals surface area contributed by atoms with Gasteiger partial charge in [0.2, 0.25) is 5.91 Å². The van der Waals surface area contributed by atoms with Crippen LogP contribution in [0.3, 0.4) is 0 Å². The lowest BCUT2D eigenvalue weighted by Gasteiger charge is -2.28. The van der Waals surface area contributed by atoms with Crippen LogP contribution in [0, 0.1) is 5.92 Å². The van der Waals surface area contributed by atoms with E-state index in [-0.39, 0.29) is 17.9 Å². The maximum Gasteiger partial charge on any atom is 0.237 e. The third-order valence-electron chi connectivity index (χ3n) is 4.32. The van der Waals surface area contributed by atoms with Crippen molar-refractivity contribution < 1.29 is 9.53 Å². The van der Waals surface area contributed by atoms with Crippen LogP contribution in [0.2, 0.25) is 0 Å². The first kappa shape index (κ1) is 16.0. The van der Waals surface area contributed by atoms with Crippen molar-refractivity contribution in [3.63, 3.8) is 0 Å². The fourth-order valence-corrected chi connectivity index (χ4v) is 2.72. The molecule has 1 aliphatic heterocycles. The molecule has 0 saturated carbocycles. The van der Waals surface area contributed by atoms with Gasteiger partial charge in [-0.1, -0.05) is 31.2 Å². The van der Waals surface area contributed by atoms with Crippen LogP contribution in [0.15, 0.2) is 24.3 Å². The first-order chi connectivity index (χ1) is 10.1. The topological polar surface area (TPSA) is 64.4 Å². The van der Waals surface area contributed by atoms with Crippen molar-refractivity contribution in [1.82, 2.24) is 5.32 Å². The molecule has 1 heterocycles. The van der Waals surface area contributed by atoms with Gasteiger partial charge in [-0.2, -0.15) is 0 Å². The molecule has 0 aromatic heterocycles. The number of aryl methyl sites for hydroxylation is 1. The number of rotatable bonds is 5. The number of benzene rings is 1. The summed E-state index contributed by atoms with van der Waals surface area (Å²) in [5, 5.41) is 3.03. The van der Waals surface area contributed by atoms with Crippen LogP contribution >= 0.6 is 0 Å². The van der Waals surface area contributed by atoms with E-state index in [1.807, 2.05) is 6.92 Å². The van der Waals surface area contributed by atoms with Crippen LogP contribution in [-0.2, 0) is 16.0 Å². The molecule has 1 aliphatic rings. The minimum absolute atomic E-state index is 0.0192. The minimum Gasteiger partial charge on any atom is -0.381 e. The zero-order chi connectivity index (χ0) is 15.2. The highest BCUT2D eigenvalue weighted by Crippen LogP contribution is 2.19. The molecule has 0 bridgehead atoms. The highest BCUT2D eigenvalue weighted by Gasteiger charge is 2.27. The average Bonchev–Trinajstić information content (AvgIpc) is 2.55. The van der Waals surface area contributed by atoms with E-state index < -0.39 is 6.04 Å². The van der Waals surface area contributed by atoms with Crippen LogP contribution in [0.1, 0.15) is 43.9 Å². The summed E-state index contributed by atoms with van der Waals surface area (Å²) in [5.41, 5.74) is 8.51. The van der Waals surface area contributed by atoms with Crippen LogP contribution < -0.4 is 11.1 Å². The summed E-state index contributed by atoms with van der Waals surface area (Å²) in [6, 6.07) is 7.90. The van der Waals surface area contributed by atoms with Gasteiger partial charge in [-0.15, -0.1) is 0 Å². The molecule has 1 saturated heterocycles. The summed E-state index contributed by atoms with van der Waals surface area (Å²) >= 11 is 0. The summed E-state index contributed by atoms with van der Waals surface area (Å²) in [6.45, 7) is 5.54. The van der Waals surface area contributed by atoms with Crippen LogP contribution in [0.25, 0.3) is 0 Å². The number of nitrogens with one attached hydrogen (secondary N) is 1. The minimum atomic E-state index is -0.439. The van der Waals surface area contributed by atoms with Gasteiger partial charge >= 0.3 is 0 Å². The van der Waals surface area contributed by atoms with E-state index in [0.29, 0.717) is 13.2 Å². The standard InChI is InChI=1S/C17H26N2O2/c1-3-13-4-6-14(7-5-13)12(2)19-17(20)16(18)15-8-10-21-11-9-15/h4-7,12,15-16H,3,8-11,18H2,1-2H3,(H,19,20). The Bertz CT molecular complexity index is 452. The molecule has 2 rings (SSSR count). The third kappa shape index (κ3) is 4.29. The van der Waals surface area contributed by atoms with Crippen molar-refractivity contribution in [2.24, 2.45) is 11.7 Å². The van der Waals surface area contributed by atoms with E-state index >= 15 is 0 Å². The number of nitrogens with two attached hydrogens (primary N) is 1. The Balaban J connectivity index is 1.90. The van der Waals surface area contributed by atoms with Crippen LogP contribution in [0.5, 0.6) is 0 Å². The van der Waals surface area contributed by atoms with E-state index in [1.54, 1.807) is 0 Å². The quantitative estimate of drug-likeness (QED) is 0.873. The Kier molecular flexibility index (Phi) is 5.76. The van der Waals surface area contributed by atoms with Gasteiger partial charge < -0.3 is 15.8 Å². The normalized spacial score (nSPS) is 19.0. The number of hydrogen-bond acceptors (Lipinski definition) is 3. The van der Waals surface area contributed by atoms with Gasteiger partial charge in [0.05, 0.1) is 12.1 Å². The number of hydrogen-bond donors (Lipinski definition) is 2. The van der Waals surface area contributed by atoms with Gasteiger partial charge in [-0.25, -0.2) is 0 Å². The highest BCUT2D eigenvalue weighted by atomic mass is 16.5. The first-order valence-electron chi connectivity index (χ1n) is 7.84. The fourth-order valence-electron chi connectivity index (χ4n) is 2.72. The molecule has 1 fully saturated rings. The molecule has 1 amide bonds. The lowest BCUT2D eigenvalue weighted by atomic mass is 9.91.